The summed E-state index contributed by atoms with van der Waals surface area (Å²) >= 11 is 0. The normalized spacial score (nSPS) is 23.2. The van der Waals surface area contributed by atoms with Gasteiger partial charge in [0.2, 0.25) is 0 Å². The number of hydrogen-bond acceptors (Lipinski definition) is 4. The number of rotatable bonds is 4. The molecule has 1 aromatic rings. The van der Waals surface area contributed by atoms with E-state index in [4.69, 9.17) is 9.47 Å². The van der Waals surface area contributed by atoms with Gasteiger partial charge >= 0.3 is 0 Å². The van der Waals surface area contributed by atoms with E-state index in [2.05, 4.69) is 23.1 Å². The first-order valence-electron chi connectivity index (χ1n) is 7.31. The fourth-order valence-electron chi connectivity index (χ4n) is 3.04. The van der Waals surface area contributed by atoms with Crippen LogP contribution in [0, 0.1) is 0 Å². The molecule has 19 heavy (non-hydrogen) atoms. The number of piperidine rings is 1. The van der Waals surface area contributed by atoms with Crippen molar-refractivity contribution in [3.63, 3.8) is 0 Å². The Labute approximate surface area is 114 Å². The summed E-state index contributed by atoms with van der Waals surface area (Å²) in [7, 11) is 0. The summed E-state index contributed by atoms with van der Waals surface area (Å²) in [6.07, 6.45) is 7.42. The standard InChI is InChI=1S/C14H23N3O2/c1-2-5-17-11-13(9-15-17)10-16-6-3-4-14(12-16)18-7-8-19-14/h9,11H,2-8,10,12H2,1H3. The van der Waals surface area contributed by atoms with Crippen LogP contribution in [0.2, 0.25) is 0 Å². The predicted octanol–water partition coefficient (Wildman–Crippen LogP) is 1.63. The molecule has 106 valence electrons. The Bertz CT molecular complexity index is 413. The molecule has 2 saturated heterocycles. The SMILES string of the molecule is CCCn1cc(CN2CCCC3(C2)OCCO3)cn1. The summed E-state index contributed by atoms with van der Waals surface area (Å²) in [6, 6.07) is 0. The van der Waals surface area contributed by atoms with Gasteiger partial charge in [-0.15, -0.1) is 0 Å². The molecule has 0 N–H and O–H groups in total. The van der Waals surface area contributed by atoms with Crippen LogP contribution in [0.4, 0.5) is 0 Å². The number of aryl methyl sites for hydroxylation is 1. The molecule has 0 atom stereocenters. The maximum absolute atomic E-state index is 5.81. The second-order valence-corrected chi connectivity index (χ2v) is 5.53. The van der Waals surface area contributed by atoms with Gasteiger partial charge in [0.1, 0.15) is 0 Å². The lowest BCUT2D eigenvalue weighted by atomic mass is 10.0. The van der Waals surface area contributed by atoms with E-state index in [1.165, 1.54) is 5.56 Å². The largest absolute Gasteiger partial charge is 0.346 e. The highest BCUT2D eigenvalue weighted by Crippen LogP contribution is 2.30. The Morgan fingerprint density at radius 3 is 3.00 bits per heavy atom. The van der Waals surface area contributed by atoms with E-state index in [9.17, 15) is 0 Å². The third kappa shape index (κ3) is 2.99. The lowest BCUT2D eigenvalue weighted by Gasteiger charge is -2.38. The van der Waals surface area contributed by atoms with Crippen LogP contribution in [0.1, 0.15) is 31.7 Å². The Hall–Kier alpha value is -0.910. The molecule has 3 rings (SSSR count). The second-order valence-electron chi connectivity index (χ2n) is 5.53. The summed E-state index contributed by atoms with van der Waals surface area (Å²) in [5, 5.41) is 4.39. The van der Waals surface area contributed by atoms with Crippen molar-refractivity contribution in [2.45, 2.75) is 45.1 Å². The average molecular weight is 265 g/mol. The topological polar surface area (TPSA) is 39.5 Å². The van der Waals surface area contributed by atoms with Crippen molar-refractivity contribution in [2.24, 2.45) is 0 Å². The minimum Gasteiger partial charge on any atom is -0.346 e. The van der Waals surface area contributed by atoms with Gasteiger partial charge in [0, 0.05) is 31.3 Å². The van der Waals surface area contributed by atoms with E-state index >= 15 is 0 Å². The molecule has 0 saturated carbocycles. The molecule has 3 heterocycles. The van der Waals surface area contributed by atoms with Crippen LogP contribution in [-0.2, 0) is 22.6 Å². The van der Waals surface area contributed by atoms with E-state index in [1.54, 1.807) is 0 Å². The lowest BCUT2D eigenvalue weighted by molar-refractivity contribution is -0.190. The van der Waals surface area contributed by atoms with E-state index < -0.39 is 0 Å². The first-order valence-corrected chi connectivity index (χ1v) is 7.31. The van der Waals surface area contributed by atoms with Gasteiger partial charge in [-0.05, 0) is 19.4 Å². The molecule has 0 aromatic carbocycles. The van der Waals surface area contributed by atoms with Gasteiger partial charge in [-0.3, -0.25) is 9.58 Å². The highest BCUT2D eigenvalue weighted by atomic mass is 16.7. The number of likely N-dealkylation sites (tertiary alicyclic amines) is 1. The highest BCUT2D eigenvalue weighted by molar-refractivity contribution is 5.04. The molecule has 0 aliphatic carbocycles. The number of aromatic nitrogens is 2. The van der Waals surface area contributed by atoms with Crippen molar-refractivity contribution in [3.05, 3.63) is 18.0 Å². The second kappa shape index (κ2) is 5.61. The fraction of sp³-hybridized carbons (Fsp3) is 0.786. The molecule has 1 spiro atoms. The maximum atomic E-state index is 5.81. The van der Waals surface area contributed by atoms with Crippen LogP contribution >= 0.6 is 0 Å². The van der Waals surface area contributed by atoms with Crippen molar-refractivity contribution in [1.29, 1.82) is 0 Å². The van der Waals surface area contributed by atoms with Crippen LogP contribution in [0.25, 0.3) is 0 Å². The molecular weight excluding hydrogens is 242 g/mol. The third-order valence-electron chi connectivity index (χ3n) is 3.86. The molecular formula is C14H23N3O2. The van der Waals surface area contributed by atoms with Gasteiger partial charge in [0.25, 0.3) is 0 Å². The highest BCUT2D eigenvalue weighted by Gasteiger charge is 2.40. The molecule has 0 amide bonds. The Balaban J connectivity index is 1.59. The first kappa shape index (κ1) is 13.1. The molecule has 1 aromatic heterocycles. The van der Waals surface area contributed by atoms with Gasteiger partial charge in [-0.1, -0.05) is 6.92 Å². The molecule has 2 aliphatic heterocycles. The number of hydrogen-bond donors (Lipinski definition) is 0. The summed E-state index contributed by atoms with van der Waals surface area (Å²) in [5.74, 6) is -0.322. The quantitative estimate of drug-likeness (QED) is 0.829. The van der Waals surface area contributed by atoms with Gasteiger partial charge < -0.3 is 9.47 Å². The van der Waals surface area contributed by atoms with Crippen LogP contribution in [0.5, 0.6) is 0 Å². The lowest BCUT2D eigenvalue weighted by Crippen LogP contribution is -2.48. The predicted molar refractivity (Wildman–Crippen MR) is 71.7 cm³/mol. The van der Waals surface area contributed by atoms with E-state index in [0.717, 1.165) is 58.7 Å². The zero-order valence-corrected chi connectivity index (χ0v) is 11.7. The maximum Gasteiger partial charge on any atom is 0.181 e. The Morgan fingerprint density at radius 2 is 2.21 bits per heavy atom. The van der Waals surface area contributed by atoms with Crippen LogP contribution < -0.4 is 0 Å². The number of ether oxygens (including phenoxy) is 2. The van der Waals surface area contributed by atoms with Crippen molar-refractivity contribution >= 4 is 0 Å². The smallest absolute Gasteiger partial charge is 0.181 e. The first-order chi connectivity index (χ1) is 9.30. The summed E-state index contributed by atoms with van der Waals surface area (Å²) < 4.78 is 13.6. The van der Waals surface area contributed by atoms with Crippen molar-refractivity contribution in [3.8, 4) is 0 Å². The average Bonchev–Trinajstić information content (AvgIpc) is 3.01. The molecule has 2 fully saturated rings. The molecule has 0 bridgehead atoms. The third-order valence-corrected chi connectivity index (χ3v) is 3.86. The molecule has 0 unspecified atom stereocenters. The minimum absolute atomic E-state index is 0.322. The zero-order chi connectivity index (χ0) is 13.1. The van der Waals surface area contributed by atoms with Crippen molar-refractivity contribution in [1.82, 2.24) is 14.7 Å². The van der Waals surface area contributed by atoms with Crippen LogP contribution in [0.3, 0.4) is 0 Å². The monoisotopic (exact) mass is 265 g/mol. The van der Waals surface area contributed by atoms with Gasteiger partial charge in [-0.2, -0.15) is 5.10 Å². The van der Waals surface area contributed by atoms with Crippen LogP contribution in [0.15, 0.2) is 12.4 Å². The summed E-state index contributed by atoms with van der Waals surface area (Å²) in [6.45, 7) is 7.59. The van der Waals surface area contributed by atoms with Gasteiger partial charge in [0.05, 0.1) is 26.0 Å². The summed E-state index contributed by atoms with van der Waals surface area (Å²) in [5.41, 5.74) is 1.28. The van der Waals surface area contributed by atoms with Gasteiger partial charge in [0.15, 0.2) is 5.79 Å². The minimum atomic E-state index is -0.322. The van der Waals surface area contributed by atoms with E-state index in [1.807, 2.05) is 10.9 Å². The fourth-order valence-corrected chi connectivity index (χ4v) is 3.04. The van der Waals surface area contributed by atoms with E-state index in [0.29, 0.717) is 0 Å². The molecule has 5 nitrogen and oxygen atoms in total. The van der Waals surface area contributed by atoms with Crippen molar-refractivity contribution < 1.29 is 9.47 Å². The van der Waals surface area contributed by atoms with E-state index in [-0.39, 0.29) is 5.79 Å². The number of nitrogens with zero attached hydrogens (tertiary/aromatic N) is 3. The Morgan fingerprint density at radius 1 is 1.37 bits per heavy atom. The van der Waals surface area contributed by atoms with Crippen molar-refractivity contribution in [2.75, 3.05) is 26.3 Å². The summed E-state index contributed by atoms with van der Waals surface area (Å²) in [4.78, 5) is 2.42. The Kier molecular flexibility index (Phi) is 3.86. The molecule has 0 radical (unpaired) electrons. The zero-order valence-electron chi connectivity index (χ0n) is 11.7. The van der Waals surface area contributed by atoms with Crippen LogP contribution in [-0.4, -0.2) is 46.8 Å². The van der Waals surface area contributed by atoms with Gasteiger partial charge in [-0.25, -0.2) is 0 Å². The molecule has 5 heteroatoms. The molecule has 2 aliphatic rings.